The van der Waals surface area contributed by atoms with E-state index in [0.29, 0.717) is 5.70 Å². The van der Waals surface area contributed by atoms with Crippen molar-refractivity contribution in [2.45, 2.75) is 19.3 Å². The molecule has 0 unspecified atom stereocenters. The third kappa shape index (κ3) is 4.30. The molecular weight excluding hydrogens is 352 g/mol. The number of hydrogen-bond acceptors (Lipinski definition) is 6. The van der Waals surface area contributed by atoms with Gasteiger partial charge in [0.05, 0.1) is 5.35 Å². The molecule has 9 nitrogen and oxygen atoms in total. The van der Waals surface area contributed by atoms with Crippen molar-refractivity contribution in [3.63, 3.8) is 0 Å². The van der Waals surface area contributed by atoms with E-state index in [0.717, 1.165) is 43.1 Å². The van der Waals surface area contributed by atoms with Crippen LogP contribution in [0.4, 0.5) is 0 Å². The average molecular weight is 376 g/mol. The molecule has 9 heteroatoms. The van der Waals surface area contributed by atoms with Crippen molar-refractivity contribution in [3.05, 3.63) is 38.8 Å². The van der Waals surface area contributed by atoms with Gasteiger partial charge in [-0.05, 0) is 25.3 Å². The largest absolute Gasteiger partial charge is 0.506 e. The fourth-order valence-electron chi connectivity index (χ4n) is 3.05. The van der Waals surface area contributed by atoms with Crippen LogP contribution in [0, 0.1) is 0 Å². The minimum atomic E-state index is -1.27. The third-order valence-electron chi connectivity index (χ3n) is 4.51. The van der Waals surface area contributed by atoms with Gasteiger partial charge in [-0.2, -0.15) is 0 Å². The number of nitrogens with zero attached hydrogens (tertiary/aromatic N) is 2. The van der Waals surface area contributed by atoms with Crippen LogP contribution in [0.2, 0.25) is 0 Å². The van der Waals surface area contributed by atoms with Crippen LogP contribution < -0.4 is 27.2 Å². The van der Waals surface area contributed by atoms with Gasteiger partial charge in [-0.1, -0.05) is 6.58 Å². The molecule has 1 aliphatic rings. The fourth-order valence-corrected chi connectivity index (χ4v) is 3.05. The van der Waals surface area contributed by atoms with Crippen molar-refractivity contribution in [2.75, 3.05) is 19.6 Å². The first-order valence-electron chi connectivity index (χ1n) is 8.57. The molecule has 1 saturated heterocycles. The Morgan fingerprint density at radius 2 is 1.93 bits per heavy atom. The maximum Gasteiger partial charge on any atom is 0.322 e. The Morgan fingerprint density at radius 1 is 1.30 bits per heavy atom. The van der Waals surface area contributed by atoms with Crippen LogP contribution in [0.5, 0.6) is 5.75 Å². The van der Waals surface area contributed by atoms with E-state index < -0.39 is 35.3 Å². The highest BCUT2D eigenvalue weighted by Crippen LogP contribution is 2.14. The summed E-state index contributed by atoms with van der Waals surface area (Å²) in [7, 11) is 1.41. The molecule has 0 radical (unpaired) electrons. The predicted octanol–water partition coefficient (Wildman–Crippen LogP) is -1.62. The van der Waals surface area contributed by atoms with Gasteiger partial charge in [0, 0.05) is 37.3 Å². The number of carboxylic acid groups (broad SMARTS) is 1. The van der Waals surface area contributed by atoms with Gasteiger partial charge in [-0.15, -0.1) is 0 Å². The molecule has 0 saturated carbocycles. The number of pyridine rings is 1. The number of allylic oxidation sites excluding steroid dienone is 1. The zero-order valence-electron chi connectivity index (χ0n) is 15.2. The summed E-state index contributed by atoms with van der Waals surface area (Å²) >= 11 is 0. The highest BCUT2D eigenvalue weighted by molar-refractivity contribution is 5.98. The first-order chi connectivity index (χ1) is 12.8. The number of carbonyl (C=O) groups is 2. The van der Waals surface area contributed by atoms with Gasteiger partial charge < -0.3 is 30.7 Å². The van der Waals surface area contributed by atoms with E-state index in [2.05, 4.69) is 16.8 Å². The van der Waals surface area contributed by atoms with E-state index in [1.54, 1.807) is 6.08 Å². The lowest BCUT2D eigenvalue weighted by atomic mass is 10.1. The summed E-state index contributed by atoms with van der Waals surface area (Å²) in [6.07, 6.45) is 5.95. The summed E-state index contributed by atoms with van der Waals surface area (Å²) in [4.78, 5) is 37.4. The van der Waals surface area contributed by atoms with E-state index in [1.165, 1.54) is 7.05 Å². The molecule has 1 aromatic rings. The summed E-state index contributed by atoms with van der Waals surface area (Å²) in [5.74, 6) is -2.80. The van der Waals surface area contributed by atoms with Crippen molar-refractivity contribution in [1.82, 2.24) is 14.8 Å². The molecule has 146 valence electrons. The smallest absolute Gasteiger partial charge is 0.322 e. The van der Waals surface area contributed by atoms with Crippen LogP contribution >= 0.6 is 0 Å². The first kappa shape index (κ1) is 20.1. The van der Waals surface area contributed by atoms with E-state index >= 15 is 0 Å². The van der Waals surface area contributed by atoms with Crippen LogP contribution in [0.1, 0.15) is 29.6 Å². The van der Waals surface area contributed by atoms with Crippen LogP contribution in [0.3, 0.4) is 0 Å². The Balaban J connectivity index is 2.61. The quantitative estimate of drug-likeness (QED) is 0.485. The van der Waals surface area contributed by atoms with Crippen LogP contribution in [-0.2, 0) is 11.8 Å². The van der Waals surface area contributed by atoms with Crippen molar-refractivity contribution in [2.24, 2.45) is 12.8 Å². The molecule has 0 aliphatic carbocycles. The Labute approximate surface area is 155 Å². The minimum Gasteiger partial charge on any atom is -0.506 e. The number of carbonyl (C=O) groups excluding carboxylic acids is 1. The van der Waals surface area contributed by atoms with Crippen molar-refractivity contribution in [1.29, 1.82) is 0 Å². The number of nitrogens with one attached hydrogen (secondary N) is 1. The van der Waals surface area contributed by atoms with Gasteiger partial charge in [0.15, 0.2) is 0 Å². The van der Waals surface area contributed by atoms with Crippen LogP contribution in [-0.4, -0.2) is 51.2 Å². The molecule has 2 heterocycles. The van der Waals surface area contributed by atoms with E-state index in [-0.39, 0.29) is 10.6 Å². The number of aromatic nitrogens is 1. The monoisotopic (exact) mass is 376 g/mol. The summed E-state index contributed by atoms with van der Waals surface area (Å²) in [6.45, 7) is 5.00. The molecule has 1 fully saturated rings. The van der Waals surface area contributed by atoms with Gasteiger partial charge in [0.2, 0.25) is 0 Å². The van der Waals surface area contributed by atoms with Gasteiger partial charge in [0.25, 0.3) is 11.5 Å². The molecule has 1 amide bonds. The number of aliphatic carboxylic acids is 1. The normalized spacial score (nSPS) is 15.7. The highest BCUT2D eigenvalue weighted by Gasteiger charge is 2.21. The van der Waals surface area contributed by atoms with Crippen molar-refractivity contribution >= 4 is 24.2 Å². The number of nitrogens with two attached hydrogens (primary N) is 1. The molecule has 0 spiro atoms. The van der Waals surface area contributed by atoms with Gasteiger partial charge in [-0.3, -0.25) is 14.4 Å². The Bertz CT molecular complexity index is 942. The lowest BCUT2D eigenvalue weighted by Crippen LogP contribution is -2.47. The number of likely N-dealkylation sites (tertiary alicyclic amines) is 1. The van der Waals surface area contributed by atoms with Crippen molar-refractivity contribution in [3.8, 4) is 5.75 Å². The second-order valence-electron chi connectivity index (χ2n) is 6.31. The molecule has 27 heavy (non-hydrogen) atoms. The molecule has 0 bridgehead atoms. The van der Waals surface area contributed by atoms with E-state index in [1.807, 2.05) is 0 Å². The molecule has 0 atom stereocenters. The number of piperidine rings is 1. The van der Waals surface area contributed by atoms with E-state index in [9.17, 15) is 19.5 Å². The topological polar surface area (TPSA) is 138 Å². The molecule has 1 aromatic heterocycles. The Kier molecular flexibility index (Phi) is 6.27. The highest BCUT2D eigenvalue weighted by atomic mass is 16.4. The van der Waals surface area contributed by atoms with Crippen LogP contribution in [0.15, 0.2) is 17.1 Å². The average Bonchev–Trinajstić information content (AvgIpc) is 2.65. The minimum absolute atomic E-state index is 0.177. The number of hydrogen-bond donors (Lipinski definition) is 4. The van der Waals surface area contributed by atoms with Crippen molar-refractivity contribution < 1.29 is 19.8 Å². The maximum atomic E-state index is 12.5. The number of aromatic hydroxyl groups is 1. The molecule has 0 aromatic carbocycles. The molecule has 1 aliphatic heterocycles. The summed E-state index contributed by atoms with van der Waals surface area (Å²) < 4.78 is 1.13. The van der Waals surface area contributed by atoms with Gasteiger partial charge in [0.1, 0.15) is 17.9 Å². The second kappa shape index (κ2) is 8.43. The third-order valence-corrected chi connectivity index (χ3v) is 4.51. The SMILES string of the molecule is C=C(/C=c1/c(O)c(C(=O)NCC(=O)O)c(=O)n(C)/c1=C/N)N1CCCCC1. The lowest BCUT2D eigenvalue weighted by Gasteiger charge is -2.29. The predicted molar refractivity (Wildman–Crippen MR) is 100 cm³/mol. The lowest BCUT2D eigenvalue weighted by molar-refractivity contribution is -0.135. The Hall–Kier alpha value is -3.23. The zero-order valence-corrected chi connectivity index (χ0v) is 15.2. The standard InChI is InChI=1S/C18H24N4O5/c1-11(22-6-4-3-5-7-22)8-12-13(9-19)21(2)18(27)15(16(12)25)17(26)20-10-14(23)24/h8-9,25H,1,3-7,10,19H2,2H3,(H,20,26)(H,23,24)/b12-8+,13-9+. The Morgan fingerprint density at radius 3 is 2.48 bits per heavy atom. The zero-order chi connectivity index (χ0) is 20.1. The van der Waals surface area contributed by atoms with Gasteiger partial charge >= 0.3 is 5.97 Å². The summed E-state index contributed by atoms with van der Waals surface area (Å²) in [5, 5.41) is 21.8. The first-order valence-corrected chi connectivity index (χ1v) is 8.57. The molecule has 2 rings (SSSR count). The molecular formula is C18H24N4O5. The van der Waals surface area contributed by atoms with Gasteiger partial charge in [-0.25, -0.2) is 0 Å². The maximum absolute atomic E-state index is 12.5. The molecule has 5 N–H and O–H groups in total. The number of rotatable bonds is 5. The fraction of sp³-hybridized carbons (Fsp3) is 0.389. The number of amides is 1. The number of carboxylic acids is 1. The summed E-state index contributed by atoms with van der Waals surface area (Å²) in [5.41, 5.74) is 4.93. The van der Waals surface area contributed by atoms with E-state index in [4.69, 9.17) is 10.8 Å². The van der Waals surface area contributed by atoms with Crippen LogP contribution in [0.25, 0.3) is 12.3 Å². The summed E-state index contributed by atoms with van der Waals surface area (Å²) in [6, 6.07) is 0. The second-order valence-corrected chi connectivity index (χ2v) is 6.31.